The van der Waals surface area contributed by atoms with Crippen molar-refractivity contribution in [2.75, 3.05) is 10.7 Å². The minimum Gasteiger partial charge on any atom is -0.363 e. The summed E-state index contributed by atoms with van der Waals surface area (Å²) in [4.78, 5) is 8.44. The van der Waals surface area contributed by atoms with E-state index >= 15 is 0 Å². The van der Waals surface area contributed by atoms with E-state index in [2.05, 4.69) is 62.6 Å². The van der Waals surface area contributed by atoms with Crippen molar-refractivity contribution in [2.24, 2.45) is 5.84 Å². The van der Waals surface area contributed by atoms with Crippen LogP contribution in [0.1, 0.15) is 31.0 Å². The van der Waals surface area contributed by atoms with Crippen molar-refractivity contribution in [3.8, 4) is 0 Å². The highest BCUT2D eigenvalue weighted by atomic mass is 79.9. The smallest absolute Gasteiger partial charge is 0.148 e. The van der Waals surface area contributed by atoms with Crippen LogP contribution in [0.3, 0.4) is 0 Å². The lowest BCUT2D eigenvalue weighted by atomic mass is 10.1. The van der Waals surface area contributed by atoms with E-state index in [9.17, 15) is 0 Å². The average Bonchev–Trinajstić information content (AvgIpc) is 2.47. The summed E-state index contributed by atoms with van der Waals surface area (Å²) in [5.74, 6) is 6.95. The van der Waals surface area contributed by atoms with Crippen molar-refractivity contribution in [1.29, 1.82) is 0 Å². The first-order valence-corrected chi connectivity index (χ1v) is 7.27. The summed E-state index contributed by atoms with van der Waals surface area (Å²) in [5, 5.41) is 3.41. The van der Waals surface area contributed by atoms with E-state index in [4.69, 9.17) is 5.84 Å². The van der Waals surface area contributed by atoms with Crippen LogP contribution in [0.5, 0.6) is 0 Å². The minimum atomic E-state index is 0.147. The van der Waals surface area contributed by atoms with Crippen LogP contribution in [-0.4, -0.2) is 9.97 Å². The molecular weight excluding hydrogens is 318 g/mol. The molecule has 6 heteroatoms. The van der Waals surface area contributed by atoms with Gasteiger partial charge in [-0.1, -0.05) is 35.0 Å². The Labute approximate surface area is 127 Å². The van der Waals surface area contributed by atoms with Crippen molar-refractivity contribution in [2.45, 2.75) is 26.3 Å². The maximum Gasteiger partial charge on any atom is 0.148 e. The standard InChI is InChI=1S/C14H18BrN5/c1-3-12-13(17-8-18-14(12)20-16)19-9(2)10-4-6-11(15)7-5-10/h4-9H,3,16H2,1-2H3,(H2,17,18,19,20). The van der Waals surface area contributed by atoms with E-state index in [-0.39, 0.29) is 6.04 Å². The van der Waals surface area contributed by atoms with Crippen molar-refractivity contribution in [3.05, 3.63) is 46.2 Å². The summed E-state index contributed by atoms with van der Waals surface area (Å²) in [6.07, 6.45) is 2.31. The molecule has 4 N–H and O–H groups in total. The lowest BCUT2D eigenvalue weighted by Crippen LogP contribution is -2.15. The van der Waals surface area contributed by atoms with E-state index in [1.807, 2.05) is 12.1 Å². The second-order valence-corrected chi connectivity index (χ2v) is 5.38. The highest BCUT2D eigenvalue weighted by Gasteiger charge is 2.12. The molecule has 1 heterocycles. The van der Waals surface area contributed by atoms with E-state index in [0.29, 0.717) is 5.82 Å². The van der Waals surface area contributed by atoms with Crippen LogP contribution >= 0.6 is 15.9 Å². The molecule has 2 rings (SSSR count). The normalized spacial score (nSPS) is 12.0. The number of halogens is 1. The Hall–Kier alpha value is -1.66. The number of hydrazine groups is 1. The van der Waals surface area contributed by atoms with E-state index in [0.717, 1.165) is 22.3 Å². The van der Waals surface area contributed by atoms with Gasteiger partial charge in [0, 0.05) is 16.1 Å². The first-order valence-electron chi connectivity index (χ1n) is 6.48. The van der Waals surface area contributed by atoms with Crippen LogP contribution in [0.2, 0.25) is 0 Å². The van der Waals surface area contributed by atoms with Crippen molar-refractivity contribution in [3.63, 3.8) is 0 Å². The van der Waals surface area contributed by atoms with Gasteiger partial charge in [0.05, 0.1) is 0 Å². The van der Waals surface area contributed by atoms with Crippen LogP contribution in [0, 0.1) is 0 Å². The molecule has 0 bridgehead atoms. The fourth-order valence-corrected chi connectivity index (χ4v) is 2.30. The molecule has 1 aromatic carbocycles. The van der Waals surface area contributed by atoms with Gasteiger partial charge < -0.3 is 10.7 Å². The van der Waals surface area contributed by atoms with Gasteiger partial charge in [-0.3, -0.25) is 0 Å². The Morgan fingerprint density at radius 1 is 1.20 bits per heavy atom. The van der Waals surface area contributed by atoms with Gasteiger partial charge in [0.2, 0.25) is 0 Å². The van der Waals surface area contributed by atoms with Crippen molar-refractivity contribution < 1.29 is 0 Å². The Kier molecular flexibility index (Phi) is 4.92. The number of nitrogens with two attached hydrogens (primary N) is 1. The van der Waals surface area contributed by atoms with Crippen LogP contribution in [0.4, 0.5) is 11.6 Å². The van der Waals surface area contributed by atoms with Crippen LogP contribution in [-0.2, 0) is 6.42 Å². The molecular formula is C14H18BrN5. The van der Waals surface area contributed by atoms with E-state index in [1.165, 1.54) is 11.9 Å². The number of nitrogens with one attached hydrogen (secondary N) is 2. The van der Waals surface area contributed by atoms with Gasteiger partial charge in [-0.25, -0.2) is 15.8 Å². The molecule has 5 nitrogen and oxygen atoms in total. The molecule has 1 aromatic heterocycles. The first-order chi connectivity index (χ1) is 9.65. The zero-order chi connectivity index (χ0) is 14.5. The molecule has 0 aliphatic carbocycles. The number of anilines is 2. The number of hydrogen-bond donors (Lipinski definition) is 3. The maximum absolute atomic E-state index is 5.48. The molecule has 0 aliphatic rings. The molecule has 1 atom stereocenters. The summed E-state index contributed by atoms with van der Waals surface area (Å²) in [6, 6.07) is 8.36. The molecule has 0 saturated heterocycles. The Bertz CT molecular complexity index is 570. The van der Waals surface area contributed by atoms with Gasteiger partial charge in [0.1, 0.15) is 18.0 Å². The molecule has 106 valence electrons. The molecule has 0 radical (unpaired) electrons. The van der Waals surface area contributed by atoms with Crippen molar-refractivity contribution in [1.82, 2.24) is 9.97 Å². The van der Waals surface area contributed by atoms with Crippen LogP contribution in [0.15, 0.2) is 35.1 Å². The van der Waals surface area contributed by atoms with E-state index in [1.54, 1.807) is 0 Å². The quantitative estimate of drug-likeness (QED) is 0.577. The third-order valence-electron chi connectivity index (χ3n) is 3.16. The molecule has 0 aliphatic heterocycles. The number of rotatable bonds is 5. The summed E-state index contributed by atoms with van der Waals surface area (Å²) >= 11 is 3.44. The molecule has 0 amide bonds. The lowest BCUT2D eigenvalue weighted by molar-refractivity contribution is 0.862. The van der Waals surface area contributed by atoms with Gasteiger partial charge in [0.25, 0.3) is 0 Å². The molecule has 2 aromatic rings. The predicted molar refractivity (Wildman–Crippen MR) is 85.4 cm³/mol. The third kappa shape index (κ3) is 3.26. The second kappa shape index (κ2) is 6.67. The number of benzene rings is 1. The Morgan fingerprint density at radius 2 is 1.85 bits per heavy atom. The van der Waals surface area contributed by atoms with Crippen LogP contribution in [0.25, 0.3) is 0 Å². The predicted octanol–water partition coefficient (Wildman–Crippen LogP) is 3.26. The summed E-state index contributed by atoms with van der Waals surface area (Å²) in [6.45, 7) is 4.15. The van der Waals surface area contributed by atoms with Gasteiger partial charge >= 0.3 is 0 Å². The average molecular weight is 336 g/mol. The summed E-state index contributed by atoms with van der Waals surface area (Å²) in [5.41, 5.74) is 4.79. The number of aromatic nitrogens is 2. The fraction of sp³-hybridized carbons (Fsp3) is 0.286. The van der Waals surface area contributed by atoms with Gasteiger partial charge in [-0.05, 0) is 31.0 Å². The van der Waals surface area contributed by atoms with Crippen molar-refractivity contribution >= 4 is 27.6 Å². The molecule has 0 fully saturated rings. The largest absolute Gasteiger partial charge is 0.363 e. The number of hydrogen-bond acceptors (Lipinski definition) is 5. The second-order valence-electron chi connectivity index (χ2n) is 4.46. The zero-order valence-electron chi connectivity index (χ0n) is 11.5. The molecule has 0 spiro atoms. The van der Waals surface area contributed by atoms with Gasteiger partial charge in [-0.15, -0.1) is 0 Å². The topological polar surface area (TPSA) is 75.9 Å². The maximum atomic E-state index is 5.48. The monoisotopic (exact) mass is 335 g/mol. The van der Waals surface area contributed by atoms with E-state index < -0.39 is 0 Å². The number of nitrogens with zero attached hydrogens (tertiary/aromatic N) is 2. The highest BCUT2D eigenvalue weighted by Crippen LogP contribution is 2.25. The molecule has 0 saturated carbocycles. The zero-order valence-corrected chi connectivity index (χ0v) is 13.1. The lowest BCUT2D eigenvalue weighted by Gasteiger charge is -2.18. The number of nitrogen functional groups attached to an aromatic ring is 1. The highest BCUT2D eigenvalue weighted by molar-refractivity contribution is 9.10. The Balaban J connectivity index is 2.23. The first kappa shape index (κ1) is 14.7. The van der Waals surface area contributed by atoms with Gasteiger partial charge in [0.15, 0.2) is 0 Å². The van der Waals surface area contributed by atoms with Gasteiger partial charge in [-0.2, -0.15) is 0 Å². The minimum absolute atomic E-state index is 0.147. The summed E-state index contributed by atoms with van der Waals surface area (Å²) in [7, 11) is 0. The van der Waals surface area contributed by atoms with Crippen LogP contribution < -0.4 is 16.6 Å². The SMILES string of the molecule is CCc1c(NN)ncnc1NC(C)c1ccc(Br)cc1. The Morgan fingerprint density at radius 3 is 2.45 bits per heavy atom. The fourth-order valence-electron chi connectivity index (χ4n) is 2.04. The molecule has 20 heavy (non-hydrogen) atoms. The summed E-state index contributed by atoms with van der Waals surface area (Å²) < 4.78 is 1.07. The third-order valence-corrected chi connectivity index (χ3v) is 3.69. The molecule has 1 unspecified atom stereocenters.